The van der Waals surface area contributed by atoms with Gasteiger partial charge in [0.15, 0.2) is 0 Å². The van der Waals surface area contributed by atoms with Crippen molar-refractivity contribution < 1.29 is 4.79 Å². The van der Waals surface area contributed by atoms with Crippen LogP contribution in [0.3, 0.4) is 0 Å². The minimum Gasteiger partial charge on any atom is -0.349 e. The molecule has 1 aromatic heterocycles. The number of amides is 1. The third-order valence-electron chi connectivity index (χ3n) is 2.61. The number of carbonyl (C=O) groups is 1. The fraction of sp³-hybridized carbons (Fsp3) is 0.333. The van der Waals surface area contributed by atoms with Crippen LogP contribution in [0.4, 0.5) is 0 Å². The van der Waals surface area contributed by atoms with Crippen LogP contribution in [0.25, 0.3) is 0 Å². The molecule has 0 bridgehead atoms. The van der Waals surface area contributed by atoms with Gasteiger partial charge in [0, 0.05) is 18.9 Å². The fourth-order valence-corrected chi connectivity index (χ4v) is 1.57. The van der Waals surface area contributed by atoms with E-state index >= 15 is 0 Å². The van der Waals surface area contributed by atoms with E-state index in [1.54, 1.807) is 24.5 Å². The van der Waals surface area contributed by atoms with Crippen LogP contribution in [0.2, 0.25) is 0 Å². The SMILES string of the molecule is CC=C(C=CCNC(=O)c1cccnc1)C(C)C. The van der Waals surface area contributed by atoms with E-state index in [0.29, 0.717) is 18.0 Å². The number of nitrogens with zero attached hydrogens (tertiary/aromatic N) is 1. The number of carbonyl (C=O) groups excluding carboxylic acids is 1. The molecule has 0 unspecified atom stereocenters. The van der Waals surface area contributed by atoms with Crippen LogP contribution in [0, 0.1) is 5.92 Å². The summed E-state index contributed by atoms with van der Waals surface area (Å²) in [6.45, 7) is 6.84. The van der Waals surface area contributed by atoms with Gasteiger partial charge < -0.3 is 5.32 Å². The Balaban J connectivity index is 2.43. The number of allylic oxidation sites excluding steroid dienone is 3. The van der Waals surface area contributed by atoms with Crippen molar-refractivity contribution in [2.75, 3.05) is 6.54 Å². The highest BCUT2D eigenvalue weighted by Gasteiger charge is 2.02. The molecule has 0 aliphatic carbocycles. The lowest BCUT2D eigenvalue weighted by Gasteiger charge is -2.05. The molecule has 1 heterocycles. The lowest BCUT2D eigenvalue weighted by atomic mass is 10.0. The van der Waals surface area contributed by atoms with Crippen LogP contribution in [-0.2, 0) is 0 Å². The summed E-state index contributed by atoms with van der Waals surface area (Å²) in [7, 11) is 0. The zero-order chi connectivity index (χ0) is 13.4. The maximum Gasteiger partial charge on any atom is 0.253 e. The average molecular weight is 244 g/mol. The molecular formula is C15H20N2O. The lowest BCUT2D eigenvalue weighted by Crippen LogP contribution is -2.23. The number of hydrogen-bond acceptors (Lipinski definition) is 2. The molecule has 0 aliphatic rings. The van der Waals surface area contributed by atoms with Crippen LogP contribution >= 0.6 is 0 Å². The minimum absolute atomic E-state index is 0.0978. The summed E-state index contributed by atoms with van der Waals surface area (Å²) in [5, 5.41) is 2.82. The standard InChI is InChI=1S/C15H20N2O/c1-4-13(12(2)3)7-6-10-17-15(18)14-8-5-9-16-11-14/h4-9,11-12H,10H2,1-3H3,(H,17,18). The lowest BCUT2D eigenvalue weighted by molar-refractivity contribution is 0.0957. The van der Waals surface area contributed by atoms with E-state index in [4.69, 9.17) is 0 Å². The molecule has 0 atom stereocenters. The predicted octanol–water partition coefficient (Wildman–Crippen LogP) is 2.97. The Morgan fingerprint density at radius 3 is 2.83 bits per heavy atom. The first kappa shape index (κ1) is 14.2. The largest absolute Gasteiger partial charge is 0.349 e. The average Bonchev–Trinajstić information content (AvgIpc) is 2.39. The Labute approximate surface area is 109 Å². The molecule has 0 fully saturated rings. The number of rotatable bonds is 5. The molecule has 1 aromatic rings. The van der Waals surface area contributed by atoms with Gasteiger partial charge >= 0.3 is 0 Å². The maximum atomic E-state index is 11.7. The molecule has 96 valence electrons. The van der Waals surface area contributed by atoms with Crippen molar-refractivity contribution in [2.45, 2.75) is 20.8 Å². The Morgan fingerprint density at radius 2 is 2.28 bits per heavy atom. The van der Waals surface area contributed by atoms with Gasteiger partial charge in [0.25, 0.3) is 5.91 Å². The first-order valence-electron chi connectivity index (χ1n) is 6.16. The van der Waals surface area contributed by atoms with Gasteiger partial charge in [-0.1, -0.05) is 32.1 Å². The predicted molar refractivity (Wildman–Crippen MR) is 74.3 cm³/mol. The van der Waals surface area contributed by atoms with Crippen LogP contribution in [0.15, 0.2) is 48.3 Å². The second-order valence-electron chi connectivity index (χ2n) is 4.30. The number of hydrogen-bond donors (Lipinski definition) is 1. The van der Waals surface area contributed by atoms with E-state index in [-0.39, 0.29) is 5.91 Å². The third-order valence-corrected chi connectivity index (χ3v) is 2.61. The van der Waals surface area contributed by atoms with E-state index in [0.717, 1.165) is 0 Å². The molecular weight excluding hydrogens is 224 g/mol. The van der Waals surface area contributed by atoms with E-state index < -0.39 is 0 Å². The quantitative estimate of drug-likeness (QED) is 0.809. The number of nitrogens with one attached hydrogen (secondary N) is 1. The molecule has 1 N–H and O–H groups in total. The Hall–Kier alpha value is -1.90. The van der Waals surface area contributed by atoms with Gasteiger partial charge in [-0.25, -0.2) is 0 Å². The highest BCUT2D eigenvalue weighted by atomic mass is 16.1. The van der Waals surface area contributed by atoms with Gasteiger partial charge in [-0.15, -0.1) is 0 Å². The van der Waals surface area contributed by atoms with Crippen molar-refractivity contribution in [3.8, 4) is 0 Å². The summed E-state index contributed by atoms with van der Waals surface area (Å²) in [6.07, 6.45) is 9.31. The molecule has 0 saturated heterocycles. The van der Waals surface area contributed by atoms with Crippen molar-refractivity contribution in [2.24, 2.45) is 5.92 Å². The van der Waals surface area contributed by atoms with E-state index in [2.05, 4.69) is 30.2 Å². The van der Waals surface area contributed by atoms with Gasteiger partial charge in [-0.05, 0) is 30.5 Å². The zero-order valence-electron chi connectivity index (χ0n) is 11.2. The van der Waals surface area contributed by atoms with Gasteiger partial charge in [-0.3, -0.25) is 9.78 Å². The normalized spacial score (nSPS) is 12.1. The second-order valence-corrected chi connectivity index (χ2v) is 4.30. The topological polar surface area (TPSA) is 42.0 Å². The Morgan fingerprint density at radius 1 is 1.50 bits per heavy atom. The van der Waals surface area contributed by atoms with Gasteiger partial charge in [0.1, 0.15) is 0 Å². The van der Waals surface area contributed by atoms with E-state index in [1.807, 2.05) is 19.1 Å². The summed E-state index contributed by atoms with van der Waals surface area (Å²) in [5.74, 6) is 0.402. The first-order chi connectivity index (χ1) is 8.65. The molecule has 0 spiro atoms. The van der Waals surface area contributed by atoms with Crippen molar-refractivity contribution in [3.05, 3.63) is 53.9 Å². The smallest absolute Gasteiger partial charge is 0.253 e. The summed E-state index contributed by atoms with van der Waals surface area (Å²) >= 11 is 0. The molecule has 3 nitrogen and oxygen atoms in total. The minimum atomic E-state index is -0.0978. The molecule has 18 heavy (non-hydrogen) atoms. The van der Waals surface area contributed by atoms with Crippen LogP contribution in [-0.4, -0.2) is 17.4 Å². The molecule has 1 rings (SSSR count). The summed E-state index contributed by atoms with van der Waals surface area (Å²) in [6, 6.07) is 3.50. The van der Waals surface area contributed by atoms with Gasteiger partial charge in [0.2, 0.25) is 0 Å². The van der Waals surface area contributed by atoms with Crippen LogP contribution < -0.4 is 5.32 Å². The zero-order valence-corrected chi connectivity index (χ0v) is 11.2. The van der Waals surface area contributed by atoms with Crippen molar-refractivity contribution in [3.63, 3.8) is 0 Å². The number of pyridine rings is 1. The van der Waals surface area contributed by atoms with Crippen LogP contribution in [0.5, 0.6) is 0 Å². The van der Waals surface area contributed by atoms with Crippen molar-refractivity contribution in [1.29, 1.82) is 0 Å². The van der Waals surface area contributed by atoms with Crippen molar-refractivity contribution >= 4 is 5.91 Å². The molecule has 3 heteroatoms. The fourth-order valence-electron chi connectivity index (χ4n) is 1.57. The van der Waals surface area contributed by atoms with Gasteiger partial charge in [-0.2, -0.15) is 0 Å². The highest BCUT2D eigenvalue weighted by molar-refractivity contribution is 5.93. The van der Waals surface area contributed by atoms with Crippen molar-refractivity contribution in [1.82, 2.24) is 10.3 Å². The van der Waals surface area contributed by atoms with E-state index in [1.165, 1.54) is 5.57 Å². The first-order valence-corrected chi connectivity index (χ1v) is 6.16. The van der Waals surface area contributed by atoms with E-state index in [9.17, 15) is 4.79 Å². The maximum absolute atomic E-state index is 11.7. The Bertz CT molecular complexity index is 433. The Kier molecular flexibility index (Phi) is 5.85. The highest BCUT2D eigenvalue weighted by Crippen LogP contribution is 2.09. The molecule has 0 saturated carbocycles. The molecule has 0 aliphatic heterocycles. The summed E-state index contributed by atoms with van der Waals surface area (Å²) < 4.78 is 0. The van der Waals surface area contributed by atoms with Crippen LogP contribution in [0.1, 0.15) is 31.1 Å². The monoisotopic (exact) mass is 244 g/mol. The summed E-state index contributed by atoms with van der Waals surface area (Å²) in [5.41, 5.74) is 1.85. The molecule has 1 amide bonds. The number of aromatic nitrogens is 1. The summed E-state index contributed by atoms with van der Waals surface area (Å²) in [4.78, 5) is 15.6. The van der Waals surface area contributed by atoms with Gasteiger partial charge in [0.05, 0.1) is 5.56 Å². The molecule has 0 radical (unpaired) electrons. The second kappa shape index (κ2) is 7.43. The third kappa shape index (κ3) is 4.53. The molecule has 0 aromatic carbocycles.